The van der Waals surface area contributed by atoms with Crippen LogP contribution in [0.2, 0.25) is 5.02 Å². The molecule has 1 aliphatic heterocycles. The van der Waals surface area contributed by atoms with Crippen LogP contribution in [-0.2, 0) is 4.79 Å². The van der Waals surface area contributed by atoms with Crippen LogP contribution in [0, 0.1) is 5.82 Å². The number of hydrogen-bond acceptors (Lipinski definition) is 2. The molecule has 0 saturated carbocycles. The highest BCUT2D eigenvalue weighted by Crippen LogP contribution is 2.32. The molecule has 2 aromatic rings. The van der Waals surface area contributed by atoms with Crippen LogP contribution < -0.4 is 10.6 Å². The summed E-state index contributed by atoms with van der Waals surface area (Å²) in [6.07, 6.45) is -0.956. The number of carbonyl (C=O) groups is 1. The van der Waals surface area contributed by atoms with Crippen molar-refractivity contribution in [2.24, 2.45) is 0 Å². The number of alkyl halides is 1. The summed E-state index contributed by atoms with van der Waals surface area (Å²) in [7, 11) is 0. The van der Waals surface area contributed by atoms with E-state index in [4.69, 9.17) is 11.6 Å². The van der Waals surface area contributed by atoms with Crippen molar-refractivity contribution in [1.29, 1.82) is 0 Å². The van der Waals surface area contributed by atoms with Crippen LogP contribution in [0.4, 0.5) is 14.5 Å². The second kappa shape index (κ2) is 6.64. The molecule has 2 unspecified atom stereocenters. The Balaban J connectivity index is 1.86. The molecular weight excluding hydrogens is 322 g/mol. The molecule has 23 heavy (non-hydrogen) atoms. The lowest BCUT2D eigenvalue weighted by molar-refractivity contribution is -0.117. The summed E-state index contributed by atoms with van der Waals surface area (Å²) in [5, 5.41) is 5.71. The lowest BCUT2D eigenvalue weighted by atomic mass is 10.0. The Bertz CT molecular complexity index is 738. The Hall–Kier alpha value is -1.98. The Morgan fingerprint density at radius 1 is 1.17 bits per heavy atom. The van der Waals surface area contributed by atoms with Gasteiger partial charge >= 0.3 is 0 Å². The second-order valence-electron chi connectivity index (χ2n) is 5.43. The molecule has 3 rings (SSSR count). The van der Waals surface area contributed by atoms with Crippen LogP contribution in [0.15, 0.2) is 42.5 Å². The molecule has 2 atom stereocenters. The van der Waals surface area contributed by atoms with Crippen LogP contribution >= 0.6 is 11.6 Å². The molecule has 1 amide bonds. The SMILES string of the molecule is O=C(Nc1cccc(-c2ccccc2Cl)c1F)C1CC(F)CN1. The molecule has 0 radical (unpaired) electrons. The van der Waals surface area contributed by atoms with Crippen molar-refractivity contribution in [3.63, 3.8) is 0 Å². The summed E-state index contributed by atoms with van der Waals surface area (Å²) >= 11 is 6.10. The van der Waals surface area contributed by atoms with Crippen LogP contribution in [0.1, 0.15) is 6.42 Å². The number of carbonyl (C=O) groups excluding carboxylic acids is 1. The summed E-state index contributed by atoms with van der Waals surface area (Å²) in [5.74, 6) is -1.01. The van der Waals surface area contributed by atoms with Crippen molar-refractivity contribution in [2.45, 2.75) is 18.6 Å². The average molecular weight is 337 g/mol. The lowest BCUT2D eigenvalue weighted by Gasteiger charge is -2.14. The molecule has 0 spiro atoms. The van der Waals surface area contributed by atoms with Gasteiger partial charge in [-0.2, -0.15) is 0 Å². The molecule has 1 heterocycles. The van der Waals surface area contributed by atoms with E-state index in [2.05, 4.69) is 10.6 Å². The Kier molecular flexibility index (Phi) is 4.59. The van der Waals surface area contributed by atoms with E-state index in [0.29, 0.717) is 16.1 Å². The first-order valence-electron chi connectivity index (χ1n) is 7.28. The van der Waals surface area contributed by atoms with Crippen molar-refractivity contribution in [3.8, 4) is 11.1 Å². The molecule has 3 nitrogen and oxygen atoms in total. The van der Waals surface area contributed by atoms with Gasteiger partial charge in [0.2, 0.25) is 5.91 Å². The van der Waals surface area contributed by atoms with E-state index in [0.717, 1.165) is 0 Å². The molecule has 2 N–H and O–H groups in total. The van der Waals surface area contributed by atoms with Crippen molar-refractivity contribution in [2.75, 3.05) is 11.9 Å². The van der Waals surface area contributed by atoms with Gasteiger partial charge in [-0.15, -0.1) is 0 Å². The highest BCUT2D eigenvalue weighted by Gasteiger charge is 2.29. The fraction of sp³-hybridized carbons (Fsp3) is 0.235. The van der Waals surface area contributed by atoms with Crippen molar-refractivity contribution < 1.29 is 13.6 Å². The summed E-state index contributed by atoms with van der Waals surface area (Å²) < 4.78 is 27.8. The fourth-order valence-corrected chi connectivity index (χ4v) is 2.87. The largest absolute Gasteiger partial charge is 0.322 e. The quantitative estimate of drug-likeness (QED) is 0.895. The van der Waals surface area contributed by atoms with Gasteiger partial charge in [-0.05, 0) is 12.1 Å². The molecule has 1 saturated heterocycles. The third kappa shape index (κ3) is 3.35. The summed E-state index contributed by atoms with van der Waals surface area (Å²) in [4.78, 5) is 12.1. The number of amides is 1. The minimum Gasteiger partial charge on any atom is -0.322 e. The molecule has 0 aromatic heterocycles. The van der Waals surface area contributed by atoms with E-state index in [9.17, 15) is 13.6 Å². The highest BCUT2D eigenvalue weighted by molar-refractivity contribution is 6.33. The van der Waals surface area contributed by atoms with Crippen LogP contribution in [0.5, 0.6) is 0 Å². The fourth-order valence-electron chi connectivity index (χ4n) is 2.63. The zero-order valence-corrected chi connectivity index (χ0v) is 12.9. The Morgan fingerprint density at radius 3 is 2.61 bits per heavy atom. The molecule has 0 bridgehead atoms. The van der Waals surface area contributed by atoms with Crippen molar-refractivity contribution in [3.05, 3.63) is 53.3 Å². The van der Waals surface area contributed by atoms with Gasteiger partial charge in [0.25, 0.3) is 0 Å². The van der Waals surface area contributed by atoms with E-state index in [1.807, 2.05) is 0 Å². The normalized spacial score (nSPS) is 20.5. The van der Waals surface area contributed by atoms with Gasteiger partial charge in [0.05, 0.1) is 11.7 Å². The zero-order valence-electron chi connectivity index (χ0n) is 12.2. The smallest absolute Gasteiger partial charge is 0.241 e. The zero-order chi connectivity index (χ0) is 16.4. The van der Waals surface area contributed by atoms with E-state index < -0.39 is 23.9 Å². The number of benzene rings is 2. The predicted molar refractivity (Wildman–Crippen MR) is 86.8 cm³/mol. The van der Waals surface area contributed by atoms with Gasteiger partial charge in [0.1, 0.15) is 6.17 Å². The first-order chi connectivity index (χ1) is 11.1. The van der Waals surface area contributed by atoms with Gasteiger partial charge in [-0.1, -0.05) is 41.9 Å². The number of nitrogens with one attached hydrogen (secondary N) is 2. The molecule has 120 valence electrons. The van der Waals surface area contributed by atoms with Gasteiger partial charge < -0.3 is 10.6 Å². The Labute approximate surface area is 137 Å². The van der Waals surface area contributed by atoms with Crippen molar-refractivity contribution in [1.82, 2.24) is 5.32 Å². The molecule has 1 fully saturated rings. The number of anilines is 1. The highest BCUT2D eigenvalue weighted by atomic mass is 35.5. The molecule has 0 aliphatic carbocycles. The molecule has 2 aromatic carbocycles. The van der Waals surface area contributed by atoms with E-state index in [-0.39, 0.29) is 18.7 Å². The predicted octanol–water partition coefficient (Wildman–Crippen LogP) is 3.78. The van der Waals surface area contributed by atoms with E-state index in [1.165, 1.54) is 6.07 Å². The maximum Gasteiger partial charge on any atom is 0.241 e. The Morgan fingerprint density at radius 2 is 1.91 bits per heavy atom. The minimum atomic E-state index is -1.05. The minimum absolute atomic E-state index is 0.0523. The standard InChI is InChI=1S/C17H15ClF2N2O/c18-13-6-2-1-4-11(13)12-5-3-7-14(16(12)20)22-17(23)15-8-10(19)9-21-15/h1-7,10,15,21H,8-9H2,(H,22,23). The summed E-state index contributed by atoms with van der Waals surface area (Å²) in [6.45, 7) is 0.139. The topological polar surface area (TPSA) is 41.1 Å². The monoisotopic (exact) mass is 336 g/mol. The first kappa shape index (κ1) is 15.9. The third-order valence-electron chi connectivity index (χ3n) is 3.81. The third-order valence-corrected chi connectivity index (χ3v) is 4.14. The lowest BCUT2D eigenvalue weighted by Crippen LogP contribution is -2.35. The first-order valence-corrected chi connectivity index (χ1v) is 7.66. The summed E-state index contributed by atoms with van der Waals surface area (Å²) in [5.41, 5.74) is 0.901. The van der Waals surface area contributed by atoms with Gasteiger partial charge in [0.15, 0.2) is 5.82 Å². The average Bonchev–Trinajstić information content (AvgIpc) is 2.97. The molecule has 6 heteroatoms. The van der Waals surface area contributed by atoms with Crippen LogP contribution in [0.3, 0.4) is 0 Å². The maximum atomic E-state index is 14.7. The van der Waals surface area contributed by atoms with E-state index >= 15 is 0 Å². The van der Waals surface area contributed by atoms with Gasteiger partial charge in [-0.3, -0.25) is 4.79 Å². The summed E-state index contributed by atoms with van der Waals surface area (Å²) in [6, 6.07) is 11.0. The van der Waals surface area contributed by atoms with Crippen LogP contribution in [-0.4, -0.2) is 24.7 Å². The maximum absolute atomic E-state index is 14.7. The van der Waals surface area contributed by atoms with Gasteiger partial charge in [-0.25, -0.2) is 8.78 Å². The second-order valence-corrected chi connectivity index (χ2v) is 5.84. The number of rotatable bonds is 3. The molecule has 1 aliphatic rings. The van der Waals surface area contributed by atoms with Gasteiger partial charge in [0, 0.05) is 29.1 Å². The number of hydrogen-bond donors (Lipinski definition) is 2. The van der Waals surface area contributed by atoms with Crippen molar-refractivity contribution >= 4 is 23.2 Å². The molecular formula is C17H15ClF2N2O. The van der Waals surface area contributed by atoms with E-state index in [1.54, 1.807) is 36.4 Å². The number of halogens is 3. The van der Waals surface area contributed by atoms with Crippen LogP contribution in [0.25, 0.3) is 11.1 Å².